The minimum Gasteiger partial charge on any atom is -0.462 e. The van der Waals surface area contributed by atoms with Crippen LogP contribution in [0.1, 0.15) is 427 Å². The van der Waals surface area contributed by atoms with E-state index >= 15 is 0 Å². The summed E-state index contributed by atoms with van der Waals surface area (Å²) in [6.45, 7) is 9.68. The molecular formula is C81H158O17P2. The SMILES string of the molecule is CCCCCCCCCCCCCCCCCCC(=O)O[C@H](COC(=O)CCCCCCCCCCCC)COP(=O)(O)OC[C@H](O)COP(=O)(O)OC[C@@H](COC(=O)CCCCCCCCCCCCCCCCC(C)C)OC(=O)CCCCCCCCCCCCCCCCC(C)C. The summed E-state index contributed by atoms with van der Waals surface area (Å²) in [6.07, 6.45) is 62.3. The summed E-state index contributed by atoms with van der Waals surface area (Å²) in [5.74, 6) is -0.512. The molecule has 594 valence electrons. The molecule has 0 aromatic rings. The van der Waals surface area contributed by atoms with Crippen molar-refractivity contribution in [1.82, 2.24) is 0 Å². The molecule has 0 heterocycles. The van der Waals surface area contributed by atoms with Gasteiger partial charge in [0.25, 0.3) is 0 Å². The number of hydrogen-bond donors (Lipinski definition) is 3. The van der Waals surface area contributed by atoms with E-state index in [1.807, 2.05) is 0 Å². The average Bonchev–Trinajstić information content (AvgIpc) is 0.930. The standard InChI is InChI=1S/C81H158O17P2/c1-7-9-11-13-15-17-19-20-21-22-30-35-41-47-53-59-65-80(85)97-76(69-91-78(83)63-57-51-45-39-18-16-14-12-10-8-2)71-95-99(87,88)93-67-75(82)68-94-100(89,90)96-72-77(98-81(86)66-60-54-48-42-36-31-26-24-28-33-38-44-50-56-62-74(5)6)70-92-79(84)64-58-52-46-40-34-29-25-23-27-32-37-43-49-55-61-73(3)4/h73-77,82H,7-72H2,1-6H3,(H,87,88)(H,89,90)/t75-,76+,77+/m0/s1. The van der Waals surface area contributed by atoms with Crippen molar-refractivity contribution in [2.24, 2.45) is 11.8 Å². The highest BCUT2D eigenvalue weighted by Gasteiger charge is 2.30. The van der Waals surface area contributed by atoms with E-state index in [9.17, 15) is 43.2 Å². The van der Waals surface area contributed by atoms with E-state index in [4.69, 9.17) is 37.0 Å². The molecule has 3 N–H and O–H groups in total. The lowest BCUT2D eigenvalue weighted by atomic mass is 10.0. The number of rotatable bonds is 80. The number of ether oxygens (including phenoxy) is 4. The van der Waals surface area contributed by atoms with Crippen LogP contribution < -0.4 is 0 Å². The van der Waals surface area contributed by atoms with Gasteiger partial charge in [-0.05, 0) is 37.5 Å². The molecule has 5 atom stereocenters. The van der Waals surface area contributed by atoms with Crippen molar-refractivity contribution in [1.29, 1.82) is 0 Å². The van der Waals surface area contributed by atoms with Crippen LogP contribution in [-0.4, -0.2) is 96.7 Å². The molecule has 19 heteroatoms. The minimum atomic E-state index is -4.96. The third kappa shape index (κ3) is 74.3. The van der Waals surface area contributed by atoms with Gasteiger partial charge in [-0.1, -0.05) is 375 Å². The number of aliphatic hydroxyl groups excluding tert-OH is 1. The van der Waals surface area contributed by atoms with Gasteiger partial charge in [-0.15, -0.1) is 0 Å². The topological polar surface area (TPSA) is 237 Å². The molecule has 0 spiro atoms. The Balaban J connectivity index is 5.24. The average molecular weight is 1470 g/mol. The Bertz CT molecular complexity index is 1920. The first kappa shape index (κ1) is 98.1. The van der Waals surface area contributed by atoms with Crippen molar-refractivity contribution in [3.05, 3.63) is 0 Å². The third-order valence-corrected chi connectivity index (χ3v) is 20.9. The van der Waals surface area contributed by atoms with Gasteiger partial charge in [0, 0.05) is 25.7 Å². The molecule has 0 bridgehead atoms. The lowest BCUT2D eigenvalue weighted by Gasteiger charge is -2.21. The van der Waals surface area contributed by atoms with E-state index in [1.165, 1.54) is 244 Å². The number of carbonyl (C=O) groups is 4. The number of carbonyl (C=O) groups excluding carboxylic acids is 4. The Labute approximate surface area is 613 Å². The fourth-order valence-corrected chi connectivity index (χ4v) is 14.1. The van der Waals surface area contributed by atoms with E-state index in [-0.39, 0.29) is 25.7 Å². The number of aliphatic hydroxyl groups is 1. The van der Waals surface area contributed by atoms with Crippen LogP contribution in [0.4, 0.5) is 0 Å². The molecule has 100 heavy (non-hydrogen) atoms. The zero-order chi connectivity index (χ0) is 73.5. The van der Waals surface area contributed by atoms with Gasteiger partial charge in [-0.3, -0.25) is 37.3 Å². The molecule has 0 aliphatic heterocycles. The van der Waals surface area contributed by atoms with Crippen LogP contribution in [0.25, 0.3) is 0 Å². The highest BCUT2D eigenvalue weighted by atomic mass is 31.2. The van der Waals surface area contributed by atoms with Crippen LogP contribution >= 0.6 is 15.6 Å². The fourth-order valence-electron chi connectivity index (χ4n) is 12.5. The predicted octanol–water partition coefficient (Wildman–Crippen LogP) is 24.3. The summed E-state index contributed by atoms with van der Waals surface area (Å²) < 4.78 is 68.7. The van der Waals surface area contributed by atoms with E-state index in [0.29, 0.717) is 25.7 Å². The molecule has 17 nitrogen and oxygen atoms in total. The molecule has 0 rings (SSSR count). The van der Waals surface area contributed by atoms with Gasteiger partial charge in [-0.25, -0.2) is 9.13 Å². The largest absolute Gasteiger partial charge is 0.472 e. The van der Waals surface area contributed by atoms with E-state index in [2.05, 4.69) is 41.5 Å². The highest BCUT2D eigenvalue weighted by Crippen LogP contribution is 2.45. The Kier molecular flexibility index (Phi) is 71.2. The second-order valence-corrected chi connectivity index (χ2v) is 33.0. The molecular weight excluding hydrogens is 1310 g/mol. The quantitative estimate of drug-likeness (QED) is 0.0222. The molecule has 0 fully saturated rings. The summed E-state index contributed by atoms with van der Waals surface area (Å²) in [5.41, 5.74) is 0. The van der Waals surface area contributed by atoms with Gasteiger partial charge in [0.05, 0.1) is 26.4 Å². The number of unbranched alkanes of at least 4 members (excludes halogenated alkanes) is 50. The van der Waals surface area contributed by atoms with Crippen molar-refractivity contribution in [2.75, 3.05) is 39.6 Å². The van der Waals surface area contributed by atoms with Gasteiger partial charge in [0.1, 0.15) is 19.3 Å². The van der Waals surface area contributed by atoms with E-state index in [1.54, 1.807) is 0 Å². The predicted molar refractivity (Wildman–Crippen MR) is 409 cm³/mol. The van der Waals surface area contributed by atoms with Gasteiger partial charge in [0.2, 0.25) is 0 Å². The Morgan fingerprint density at radius 1 is 0.270 bits per heavy atom. The lowest BCUT2D eigenvalue weighted by molar-refractivity contribution is -0.161. The number of phosphoric ester groups is 2. The monoisotopic (exact) mass is 1470 g/mol. The van der Waals surface area contributed by atoms with Gasteiger partial charge >= 0.3 is 39.5 Å². The highest BCUT2D eigenvalue weighted by molar-refractivity contribution is 7.47. The van der Waals surface area contributed by atoms with Crippen molar-refractivity contribution < 1.29 is 80.2 Å². The molecule has 0 saturated heterocycles. The smallest absolute Gasteiger partial charge is 0.462 e. The molecule has 0 amide bonds. The van der Waals surface area contributed by atoms with Gasteiger partial charge in [-0.2, -0.15) is 0 Å². The zero-order valence-electron chi connectivity index (χ0n) is 65.5. The molecule has 0 saturated carbocycles. The minimum absolute atomic E-state index is 0.108. The molecule has 0 aliphatic carbocycles. The zero-order valence-corrected chi connectivity index (χ0v) is 67.3. The lowest BCUT2D eigenvalue weighted by Crippen LogP contribution is -2.30. The number of esters is 4. The molecule has 0 aromatic carbocycles. The summed E-state index contributed by atoms with van der Waals surface area (Å²) >= 11 is 0. The van der Waals surface area contributed by atoms with Crippen molar-refractivity contribution in [3.63, 3.8) is 0 Å². The van der Waals surface area contributed by atoms with Crippen LogP contribution in [0.5, 0.6) is 0 Å². The van der Waals surface area contributed by atoms with Crippen LogP contribution in [0.2, 0.25) is 0 Å². The molecule has 0 aliphatic rings. The maximum Gasteiger partial charge on any atom is 0.472 e. The van der Waals surface area contributed by atoms with Crippen molar-refractivity contribution >= 4 is 39.5 Å². The van der Waals surface area contributed by atoms with Crippen LogP contribution in [0.3, 0.4) is 0 Å². The molecule has 0 aromatic heterocycles. The van der Waals surface area contributed by atoms with Crippen LogP contribution in [0, 0.1) is 11.8 Å². The summed E-state index contributed by atoms with van der Waals surface area (Å²) in [5, 5.41) is 10.6. The van der Waals surface area contributed by atoms with Crippen molar-refractivity contribution in [2.45, 2.75) is 445 Å². The first-order valence-corrected chi connectivity index (χ1v) is 45.0. The van der Waals surface area contributed by atoms with Crippen molar-refractivity contribution in [3.8, 4) is 0 Å². The van der Waals surface area contributed by atoms with E-state index < -0.39 is 97.5 Å². The first-order chi connectivity index (χ1) is 48.4. The summed E-state index contributed by atoms with van der Waals surface area (Å²) in [7, 11) is -9.92. The van der Waals surface area contributed by atoms with Gasteiger partial charge < -0.3 is 33.8 Å². The Hall–Kier alpha value is -1.94. The second-order valence-electron chi connectivity index (χ2n) is 30.1. The third-order valence-electron chi connectivity index (χ3n) is 19.0. The summed E-state index contributed by atoms with van der Waals surface area (Å²) in [6, 6.07) is 0. The normalized spacial score (nSPS) is 13.9. The van der Waals surface area contributed by atoms with Gasteiger partial charge in [0.15, 0.2) is 12.2 Å². The number of phosphoric acid groups is 2. The number of hydrogen-bond acceptors (Lipinski definition) is 15. The second kappa shape index (κ2) is 72.6. The Morgan fingerprint density at radius 2 is 0.460 bits per heavy atom. The summed E-state index contributed by atoms with van der Waals surface area (Å²) in [4.78, 5) is 73.0. The Morgan fingerprint density at radius 3 is 0.680 bits per heavy atom. The fraction of sp³-hybridized carbons (Fsp3) is 0.951. The first-order valence-electron chi connectivity index (χ1n) is 42.0. The molecule has 0 radical (unpaired) electrons. The van der Waals surface area contributed by atoms with Crippen LogP contribution in [-0.2, 0) is 65.4 Å². The van der Waals surface area contributed by atoms with Crippen LogP contribution in [0.15, 0.2) is 0 Å². The van der Waals surface area contributed by atoms with E-state index in [0.717, 1.165) is 102 Å². The maximum atomic E-state index is 13.1. The molecule has 2 unspecified atom stereocenters. The maximum absolute atomic E-state index is 13.1.